The molecule has 0 bridgehead atoms. The fourth-order valence-electron chi connectivity index (χ4n) is 2.54. The molecule has 26 heavy (non-hydrogen) atoms. The van der Waals surface area contributed by atoms with Crippen LogP contribution in [0.4, 0.5) is 13.9 Å². The summed E-state index contributed by atoms with van der Waals surface area (Å²) in [5.41, 5.74) is 0.178. The van der Waals surface area contributed by atoms with Crippen molar-refractivity contribution in [3.8, 4) is 0 Å². The lowest BCUT2D eigenvalue weighted by atomic mass is 10.2. The Morgan fingerprint density at radius 1 is 1.23 bits per heavy atom. The summed E-state index contributed by atoms with van der Waals surface area (Å²) in [6, 6.07) is 8.68. The van der Waals surface area contributed by atoms with E-state index in [0.717, 1.165) is 23.5 Å². The highest BCUT2D eigenvalue weighted by Crippen LogP contribution is 2.28. The van der Waals surface area contributed by atoms with Gasteiger partial charge in [-0.3, -0.25) is 14.2 Å². The summed E-state index contributed by atoms with van der Waals surface area (Å²) in [6.07, 6.45) is 1.29. The molecular formula is C17H10F2N4O2S. The van der Waals surface area contributed by atoms with Crippen molar-refractivity contribution in [2.24, 2.45) is 0 Å². The molecule has 0 aliphatic carbocycles. The van der Waals surface area contributed by atoms with E-state index in [0.29, 0.717) is 10.9 Å². The summed E-state index contributed by atoms with van der Waals surface area (Å²) in [6.45, 7) is -0.274. The Morgan fingerprint density at radius 3 is 2.88 bits per heavy atom. The first-order valence-electron chi connectivity index (χ1n) is 7.51. The summed E-state index contributed by atoms with van der Waals surface area (Å²) in [5.74, 6) is -2.04. The molecule has 4 aromatic rings. The molecule has 0 saturated carbocycles. The zero-order chi connectivity index (χ0) is 18.3. The lowest BCUT2D eigenvalue weighted by molar-refractivity contribution is -0.116. The average molecular weight is 372 g/mol. The fraction of sp³-hybridized carbons (Fsp3) is 0.0588. The standard InChI is InChI=1S/C17H10F2N4O2S/c18-9-5-11(19)15-13(6-9)26-17(22-15)21-14(24)7-23-8-20-12-4-2-1-3-10(12)16(23)25/h1-6,8H,7H2,(H,21,22,24). The number of fused-ring (bicyclic) bond motifs is 2. The molecule has 0 radical (unpaired) electrons. The van der Waals surface area contributed by atoms with Crippen molar-refractivity contribution in [3.05, 3.63) is 64.7 Å². The number of anilines is 1. The molecule has 2 heterocycles. The second-order valence-corrected chi connectivity index (χ2v) is 6.53. The van der Waals surface area contributed by atoms with Gasteiger partial charge in [0.25, 0.3) is 5.56 Å². The molecule has 0 saturated heterocycles. The largest absolute Gasteiger partial charge is 0.300 e. The van der Waals surface area contributed by atoms with Crippen molar-refractivity contribution in [2.45, 2.75) is 6.54 Å². The lowest BCUT2D eigenvalue weighted by Crippen LogP contribution is -2.27. The summed E-state index contributed by atoms with van der Waals surface area (Å²) >= 11 is 0.945. The van der Waals surface area contributed by atoms with E-state index in [-0.39, 0.29) is 27.5 Å². The number of rotatable bonds is 3. The fourth-order valence-corrected chi connectivity index (χ4v) is 3.46. The van der Waals surface area contributed by atoms with Crippen LogP contribution in [0.1, 0.15) is 0 Å². The van der Waals surface area contributed by atoms with Gasteiger partial charge in [-0.25, -0.2) is 18.7 Å². The van der Waals surface area contributed by atoms with E-state index in [2.05, 4.69) is 15.3 Å². The van der Waals surface area contributed by atoms with E-state index in [1.165, 1.54) is 10.9 Å². The molecule has 6 nitrogen and oxygen atoms in total. The molecular weight excluding hydrogens is 362 g/mol. The number of nitrogens with zero attached hydrogens (tertiary/aromatic N) is 3. The smallest absolute Gasteiger partial charge is 0.261 e. The first-order valence-corrected chi connectivity index (χ1v) is 8.32. The van der Waals surface area contributed by atoms with Gasteiger partial charge in [-0.2, -0.15) is 0 Å². The molecule has 2 aromatic carbocycles. The minimum absolute atomic E-state index is 0.0174. The van der Waals surface area contributed by atoms with Crippen LogP contribution in [0.5, 0.6) is 0 Å². The molecule has 2 aromatic heterocycles. The van der Waals surface area contributed by atoms with Crippen LogP contribution in [0.15, 0.2) is 47.5 Å². The number of benzene rings is 2. The predicted octanol–water partition coefficient (Wildman–Crippen LogP) is 2.92. The normalized spacial score (nSPS) is 11.2. The summed E-state index contributed by atoms with van der Waals surface area (Å²) < 4.78 is 28.4. The van der Waals surface area contributed by atoms with Crippen LogP contribution in [0, 0.1) is 11.6 Å². The van der Waals surface area contributed by atoms with Crippen LogP contribution in [0.2, 0.25) is 0 Å². The van der Waals surface area contributed by atoms with Gasteiger partial charge in [-0.15, -0.1) is 0 Å². The molecule has 9 heteroatoms. The Balaban J connectivity index is 1.59. The molecule has 130 valence electrons. The number of thiazole rings is 1. The number of halogens is 2. The van der Waals surface area contributed by atoms with E-state index in [1.54, 1.807) is 24.3 Å². The van der Waals surface area contributed by atoms with E-state index >= 15 is 0 Å². The Kier molecular flexibility index (Phi) is 3.92. The molecule has 0 aliphatic rings. The van der Waals surface area contributed by atoms with Crippen LogP contribution in [-0.4, -0.2) is 20.4 Å². The van der Waals surface area contributed by atoms with Crippen molar-refractivity contribution in [2.75, 3.05) is 5.32 Å². The number of hydrogen-bond acceptors (Lipinski definition) is 5. The van der Waals surface area contributed by atoms with E-state index < -0.39 is 17.5 Å². The van der Waals surface area contributed by atoms with Crippen molar-refractivity contribution in [3.63, 3.8) is 0 Å². The Bertz CT molecular complexity index is 1220. The molecule has 0 fully saturated rings. The SMILES string of the molecule is O=C(Cn1cnc2ccccc2c1=O)Nc1nc2c(F)cc(F)cc2s1. The Labute approximate surface area is 148 Å². The number of aromatic nitrogens is 3. The Morgan fingerprint density at radius 2 is 2.04 bits per heavy atom. The Hall–Kier alpha value is -3.20. The average Bonchev–Trinajstić information content (AvgIpc) is 3.00. The number of hydrogen-bond donors (Lipinski definition) is 1. The van der Waals surface area contributed by atoms with Crippen molar-refractivity contribution in [1.82, 2.24) is 14.5 Å². The maximum absolute atomic E-state index is 13.7. The van der Waals surface area contributed by atoms with E-state index in [4.69, 9.17) is 0 Å². The van der Waals surface area contributed by atoms with Gasteiger partial charge < -0.3 is 5.32 Å². The van der Waals surface area contributed by atoms with Crippen LogP contribution in [-0.2, 0) is 11.3 Å². The molecule has 4 rings (SSSR count). The molecule has 1 amide bonds. The summed E-state index contributed by atoms with van der Waals surface area (Å²) in [5, 5.41) is 3.02. The van der Waals surface area contributed by atoms with E-state index in [1.807, 2.05) is 0 Å². The minimum Gasteiger partial charge on any atom is -0.300 e. The number of para-hydroxylation sites is 1. The topological polar surface area (TPSA) is 76.9 Å². The second-order valence-electron chi connectivity index (χ2n) is 5.50. The second kappa shape index (κ2) is 6.26. The van der Waals surface area contributed by atoms with E-state index in [9.17, 15) is 18.4 Å². The molecule has 1 N–H and O–H groups in total. The summed E-state index contributed by atoms with van der Waals surface area (Å²) in [4.78, 5) is 32.7. The maximum atomic E-state index is 13.7. The van der Waals surface area contributed by atoms with Crippen molar-refractivity contribution in [1.29, 1.82) is 0 Å². The van der Waals surface area contributed by atoms with Gasteiger partial charge in [0.1, 0.15) is 17.9 Å². The molecule has 0 aliphatic heterocycles. The third kappa shape index (κ3) is 2.92. The minimum atomic E-state index is -0.799. The van der Waals surface area contributed by atoms with Gasteiger partial charge in [-0.05, 0) is 18.2 Å². The monoisotopic (exact) mass is 372 g/mol. The van der Waals surface area contributed by atoms with Gasteiger partial charge in [0.05, 0.1) is 21.9 Å². The van der Waals surface area contributed by atoms with Gasteiger partial charge in [-0.1, -0.05) is 23.5 Å². The number of amides is 1. The van der Waals surface area contributed by atoms with Crippen molar-refractivity contribution >= 4 is 43.5 Å². The zero-order valence-corrected chi connectivity index (χ0v) is 13.9. The first-order chi connectivity index (χ1) is 12.5. The van der Waals surface area contributed by atoms with Gasteiger partial charge in [0, 0.05) is 6.07 Å². The third-order valence-corrected chi connectivity index (χ3v) is 4.62. The highest BCUT2D eigenvalue weighted by Gasteiger charge is 2.13. The first kappa shape index (κ1) is 16.3. The maximum Gasteiger partial charge on any atom is 0.261 e. The third-order valence-electron chi connectivity index (χ3n) is 3.71. The predicted molar refractivity (Wildman–Crippen MR) is 94.2 cm³/mol. The van der Waals surface area contributed by atoms with Crippen molar-refractivity contribution < 1.29 is 13.6 Å². The highest BCUT2D eigenvalue weighted by molar-refractivity contribution is 7.22. The van der Waals surface area contributed by atoms with Gasteiger partial charge >= 0.3 is 0 Å². The summed E-state index contributed by atoms with van der Waals surface area (Å²) in [7, 11) is 0. The molecule has 0 unspecified atom stereocenters. The lowest BCUT2D eigenvalue weighted by Gasteiger charge is -2.06. The molecule has 0 atom stereocenters. The van der Waals surface area contributed by atoms with Crippen LogP contribution in [0.3, 0.4) is 0 Å². The number of carbonyl (C=O) groups excluding carboxylic acids is 1. The quantitative estimate of drug-likeness (QED) is 0.600. The zero-order valence-electron chi connectivity index (χ0n) is 13.1. The van der Waals surface area contributed by atoms with Gasteiger partial charge in [0.2, 0.25) is 5.91 Å². The molecule has 0 spiro atoms. The number of carbonyl (C=O) groups is 1. The van der Waals surface area contributed by atoms with Gasteiger partial charge in [0.15, 0.2) is 10.9 Å². The highest BCUT2D eigenvalue weighted by atomic mass is 32.1. The van der Waals surface area contributed by atoms with Crippen LogP contribution < -0.4 is 10.9 Å². The number of nitrogens with one attached hydrogen (secondary N) is 1. The van der Waals surface area contributed by atoms with Crippen LogP contribution in [0.25, 0.3) is 21.1 Å². The van der Waals surface area contributed by atoms with Crippen LogP contribution >= 0.6 is 11.3 Å².